The molecule has 5 heteroatoms. The van der Waals surface area contributed by atoms with Crippen LogP contribution in [0, 0.1) is 6.92 Å². The summed E-state index contributed by atoms with van der Waals surface area (Å²) in [6, 6.07) is 11.3. The van der Waals surface area contributed by atoms with E-state index in [2.05, 4.69) is 21.2 Å². The van der Waals surface area contributed by atoms with Crippen LogP contribution < -0.4 is 11.1 Å². The molecule has 0 aliphatic heterocycles. The van der Waals surface area contributed by atoms with Crippen molar-refractivity contribution in [3.05, 3.63) is 52.0 Å². The third kappa shape index (κ3) is 3.55. The number of amides is 1. The third-order valence-electron chi connectivity index (χ3n) is 3.10. The van der Waals surface area contributed by atoms with E-state index in [9.17, 15) is 4.79 Å². The molecule has 2 aromatic carbocycles. The molecular weight excluding hydrogens is 330 g/mol. The van der Waals surface area contributed by atoms with Gasteiger partial charge in [-0.3, -0.25) is 4.79 Å². The van der Waals surface area contributed by atoms with E-state index in [1.807, 2.05) is 25.1 Å². The van der Waals surface area contributed by atoms with Crippen molar-refractivity contribution in [3.8, 4) is 0 Å². The van der Waals surface area contributed by atoms with Crippen LogP contribution in [0.3, 0.4) is 0 Å². The summed E-state index contributed by atoms with van der Waals surface area (Å²) in [6.07, 6.45) is 0. The topological polar surface area (TPSA) is 58.4 Å². The first-order chi connectivity index (χ1) is 9.88. The number of nitrogens with zero attached hydrogens (tertiary/aromatic N) is 1. The quantitative estimate of drug-likeness (QED) is 0.830. The number of aryl methyl sites for hydroxylation is 1. The minimum atomic E-state index is -0.0543. The number of hydrogen-bond acceptors (Lipinski definition) is 3. The van der Waals surface area contributed by atoms with Crippen LogP contribution in [0.25, 0.3) is 0 Å². The zero-order chi connectivity index (χ0) is 15.6. The smallest absolute Gasteiger partial charge is 0.253 e. The molecule has 0 saturated carbocycles. The fourth-order valence-corrected chi connectivity index (χ4v) is 2.28. The minimum absolute atomic E-state index is 0.0543. The first-order valence-corrected chi connectivity index (χ1v) is 7.32. The molecule has 0 aliphatic rings. The predicted octanol–water partition coefficient (Wildman–Crippen LogP) is 3.79. The van der Waals surface area contributed by atoms with E-state index < -0.39 is 0 Å². The lowest BCUT2D eigenvalue weighted by molar-refractivity contribution is 0.0827. The summed E-state index contributed by atoms with van der Waals surface area (Å²) in [6.45, 7) is 2.02. The summed E-state index contributed by atoms with van der Waals surface area (Å²) in [5.74, 6) is -0.0543. The van der Waals surface area contributed by atoms with Gasteiger partial charge in [-0.05, 0) is 58.7 Å². The van der Waals surface area contributed by atoms with Crippen LogP contribution in [0.1, 0.15) is 15.9 Å². The maximum Gasteiger partial charge on any atom is 0.253 e. The van der Waals surface area contributed by atoms with E-state index in [-0.39, 0.29) is 5.91 Å². The second kappa shape index (κ2) is 6.18. The standard InChI is InChI=1S/C16H18BrN3O/c1-10-4-6-12(17)14(8-10)19-15-9-11(5-7-13(15)18)16(21)20(2)3/h4-9,19H,18H2,1-3H3. The molecule has 0 bridgehead atoms. The highest BCUT2D eigenvalue weighted by Crippen LogP contribution is 2.30. The zero-order valence-corrected chi connectivity index (χ0v) is 13.9. The van der Waals surface area contributed by atoms with Gasteiger partial charge in [-0.1, -0.05) is 6.07 Å². The zero-order valence-electron chi connectivity index (χ0n) is 12.3. The van der Waals surface area contributed by atoms with Crippen LogP contribution in [0.4, 0.5) is 17.1 Å². The summed E-state index contributed by atoms with van der Waals surface area (Å²) in [5.41, 5.74) is 9.96. The lowest BCUT2D eigenvalue weighted by Crippen LogP contribution is -2.21. The van der Waals surface area contributed by atoms with Crippen molar-refractivity contribution >= 4 is 38.9 Å². The van der Waals surface area contributed by atoms with Gasteiger partial charge < -0.3 is 16.0 Å². The number of nitrogen functional groups attached to an aromatic ring is 1. The Bertz CT molecular complexity index is 683. The number of carbonyl (C=O) groups excluding carboxylic acids is 1. The molecular formula is C16H18BrN3O. The van der Waals surface area contributed by atoms with Crippen molar-refractivity contribution in [2.45, 2.75) is 6.92 Å². The van der Waals surface area contributed by atoms with Crippen LogP contribution in [-0.4, -0.2) is 24.9 Å². The van der Waals surface area contributed by atoms with E-state index in [0.29, 0.717) is 16.9 Å². The number of rotatable bonds is 3. The molecule has 1 amide bonds. The number of nitrogens with one attached hydrogen (secondary N) is 1. The van der Waals surface area contributed by atoms with Gasteiger partial charge in [0.1, 0.15) is 0 Å². The van der Waals surface area contributed by atoms with Gasteiger partial charge in [-0.2, -0.15) is 0 Å². The Balaban J connectivity index is 2.37. The predicted molar refractivity (Wildman–Crippen MR) is 91.0 cm³/mol. The van der Waals surface area contributed by atoms with Crippen LogP contribution in [0.15, 0.2) is 40.9 Å². The third-order valence-corrected chi connectivity index (χ3v) is 3.79. The Labute approximate surface area is 133 Å². The lowest BCUT2D eigenvalue weighted by Gasteiger charge is -2.15. The molecule has 0 radical (unpaired) electrons. The Morgan fingerprint density at radius 3 is 2.52 bits per heavy atom. The largest absolute Gasteiger partial charge is 0.397 e. The molecule has 0 aromatic heterocycles. The number of halogens is 1. The maximum absolute atomic E-state index is 12.0. The maximum atomic E-state index is 12.0. The number of hydrogen-bond donors (Lipinski definition) is 2. The average Bonchev–Trinajstić information content (AvgIpc) is 2.44. The van der Waals surface area contributed by atoms with E-state index in [0.717, 1.165) is 15.7 Å². The molecule has 110 valence electrons. The van der Waals surface area contributed by atoms with E-state index in [1.165, 1.54) is 4.90 Å². The summed E-state index contributed by atoms with van der Waals surface area (Å²) < 4.78 is 0.942. The Morgan fingerprint density at radius 1 is 1.14 bits per heavy atom. The number of carbonyl (C=O) groups is 1. The number of nitrogens with two attached hydrogens (primary N) is 1. The van der Waals surface area contributed by atoms with Crippen molar-refractivity contribution in [2.24, 2.45) is 0 Å². The van der Waals surface area contributed by atoms with E-state index in [4.69, 9.17) is 5.73 Å². The fraction of sp³-hybridized carbons (Fsp3) is 0.188. The molecule has 0 fully saturated rings. The van der Waals surface area contributed by atoms with E-state index in [1.54, 1.807) is 32.3 Å². The first-order valence-electron chi connectivity index (χ1n) is 6.53. The highest BCUT2D eigenvalue weighted by atomic mass is 79.9. The van der Waals surface area contributed by atoms with Crippen molar-refractivity contribution < 1.29 is 4.79 Å². The van der Waals surface area contributed by atoms with Crippen molar-refractivity contribution in [2.75, 3.05) is 25.1 Å². The summed E-state index contributed by atoms with van der Waals surface area (Å²) in [7, 11) is 3.45. The van der Waals surface area contributed by atoms with Gasteiger partial charge in [0.05, 0.1) is 17.1 Å². The molecule has 0 heterocycles. The van der Waals surface area contributed by atoms with Crippen molar-refractivity contribution in [1.29, 1.82) is 0 Å². The van der Waals surface area contributed by atoms with Gasteiger partial charge in [0.2, 0.25) is 0 Å². The van der Waals surface area contributed by atoms with Crippen molar-refractivity contribution in [1.82, 2.24) is 4.90 Å². The van der Waals surface area contributed by atoms with Gasteiger partial charge in [0.15, 0.2) is 0 Å². The molecule has 0 atom stereocenters. The van der Waals surface area contributed by atoms with Crippen molar-refractivity contribution in [3.63, 3.8) is 0 Å². The molecule has 2 aromatic rings. The van der Waals surface area contributed by atoms with E-state index >= 15 is 0 Å². The van der Waals surface area contributed by atoms with Gasteiger partial charge >= 0.3 is 0 Å². The van der Waals surface area contributed by atoms with Gasteiger partial charge in [0.25, 0.3) is 5.91 Å². The van der Waals surface area contributed by atoms with Crippen LogP contribution in [0.2, 0.25) is 0 Å². The first kappa shape index (κ1) is 15.4. The molecule has 0 saturated heterocycles. The molecule has 3 N–H and O–H groups in total. The summed E-state index contributed by atoms with van der Waals surface area (Å²) >= 11 is 3.50. The second-order valence-corrected chi connectivity index (χ2v) is 5.96. The SMILES string of the molecule is Cc1ccc(Br)c(Nc2cc(C(=O)N(C)C)ccc2N)c1. The normalized spacial score (nSPS) is 10.3. The average molecular weight is 348 g/mol. The molecule has 21 heavy (non-hydrogen) atoms. The highest BCUT2D eigenvalue weighted by Gasteiger charge is 2.11. The van der Waals surface area contributed by atoms with Gasteiger partial charge in [-0.15, -0.1) is 0 Å². The number of anilines is 3. The summed E-state index contributed by atoms with van der Waals surface area (Å²) in [4.78, 5) is 13.6. The summed E-state index contributed by atoms with van der Waals surface area (Å²) in [5, 5.41) is 3.27. The molecule has 0 spiro atoms. The molecule has 2 rings (SSSR count). The van der Waals surface area contributed by atoms with Crippen LogP contribution >= 0.6 is 15.9 Å². The second-order valence-electron chi connectivity index (χ2n) is 5.11. The fourth-order valence-electron chi connectivity index (χ4n) is 1.94. The Morgan fingerprint density at radius 2 is 1.86 bits per heavy atom. The Hall–Kier alpha value is -2.01. The Kier molecular flexibility index (Phi) is 4.53. The number of benzene rings is 2. The van der Waals surface area contributed by atoms with Crippen LogP contribution in [-0.2, 0) is 0 Å². The highest BCUT2D eigenvalue weighted by molar-refractivity contribution is 9.10. The monoisotopic (exact) mass is 347 g/mol. The molecule has 0 unspecified atom stereocenters. The molecule has 4 nitrogen and oxygen atoms in total. The molecule has 0 aliphatic carbocycles. The lowest BCUT2D eigenvalue weighted by atomic mass is 10.1. The van der Waals surface area contributed by atoms with Gasteiger partial charge in [0, 0.05) is 24.1 Å². The van der Waals surface area contributed by atoms with Gasteiger partial charge in [-0.25, -0.2) is 0 Å². The van der Waals surface area contributed by atoms with Crippen LogP contribution in [0.5, 0.6) is 0 Å². The minimum Gasteiger partial charge on any atom is -0.397 e.